The number of pyridine rings is 1. The third kappa shape index (κ3) is 3.05. The van der Waals surface area contributed by atoms with Gasteiger partial charge in [0, 0.05) is 12.7 Å². The van der Waals surface area contributed by atoms with E-state index in [0.717, 1.165) is 12.1 Å². The second-order valence-corrected chi connectivity index (χ2v) is 3.51. The van der Waals surface area contributed by atoms with E-state index in [1.165, 1.54) is 24.8 Å². The summed E-state index contributed by atoms with van der Waals surface area (Å²) in [4.78, 5) is 8.34. The first-order valence-corrected chi connectivity index (χ1v) is 6.16. The minimum atomic E-state index is 0.990. The predicted octanol–water partition coefficient (Wildman–Crippen LogP) is 3.65. The smallest absolute Gasteiger partial charge is 0.107 e. The highest BCUT2D eigenvalue weighted by Gasteiger charge is 2.00. The Hall–Kier alpha value is -1.38. The van der Waals surface area contributed by atoms with Gasteiger partial charge in [-0.15, -0.1) is 0 Å². The standard InChI is InChI=1S/C11H15N3.C2H6/c1-2-3-4-7-14-9-13-10-8-12-6-5-11(10)14;1-2/h5-6,8-9H,2-4,7H2,1H3;1-2H3. The third-order valence-corrected chi connectivity index (χ3v) is 2.43. The summed E-state index contributed by atoms with van der Waals surface area (Å²) in [5.41, 5.74) is 2.18. The van der Waals surface area contributed by atoms with Crippen molar-refractivity contribution in [3.05, 3.63) is 24.8 Å². The van der Waals surface area contributed by atoms with Gasteiger partial charge in [0.05, 0.1) is 18.0 Å². The Bertz CT molecular complexity index is 406. The van der Waals surface area contributed by atoms with E-state index >= 15 is 0 Å². The zero-order valence-corrected chi connectivity index (χ0v) is 10.5. The van der Waals surface area contributed by atoms with Crippen molar-refractivity contribution in [3.8, 4) is 0 Å². The van der Waals surface area contributed by atoms with E-state index in [1.54, 1.807) is 0 Å². The monoisotopic (exact) mass is 219 g/mol. The Balaban J connectivity index is 0.000000606. The maximum atomic E-state index is 4.30. The molecule has 0 radical (unpaired) electrons. The van der Waals surface area contributed by atoms with Crippen molar-refractivity contribution in [2.24, 2.45) is 0 Å². The lowest BCUT2D eigenvalue weighted by Gasteiger charge is -2.02. The molecule has 0 aliphatic heterocycles. The van der Waals surface area contributed by atoms with Crippen molar-refractivity contribution < 1.29 is 0 Å². The van der Waals surface area contributed by atoms with Crippen molar-refractivity contribution in [2.45, 2.75) is 46.6 Å². The van der Waals surface area contributed by atoms with Crippen LogP contribution in [-0.2, 0) is 6.54 Å². The van der Waals surface area contributed by atoms with Crippen LogP contribution in [-0.4, -0.2) is 14.5 Å². The Morgan fingerprint density at radius 2 is 2.06 bits per heavy atom. The van der Waals surface area contributed by atoms with Crippen LogP contribution in [0, 0.1) is 0 Å². The second-order valence-electron chi connectivity index (χ2n) is 3.51. The van der Waals surface area contributed by atoms with E-state index in [1.807, 2.05) is 38.6 Å². The molecule has 3 nitrogen and oxygen atoms in total. The SMILES string of the molecule is CC.CCCCCn1cnc2cnccc21. The molecule has 0 N–H and O–H groups in total. The molecule has 2 aromatic rings. The number of nitrogens with zero attached hydrogens (tertiary/aromatic N) is 3. The average Bonchev–Trinajstić information content (AvgIpc) is 2.76. The van der Waals surface area contributed by atoms with Crippen molar-refractivity contribution in [2.75, 3.05) is 0 Å². The first-order valence-electron chi connectivity index (χ1n) is 6.16. The lowest BCUT2D eigenvalue weighted by molar-refractivity contribution is 0.613. The van der Waals surface area contributed by atoms with Gasteiger partial charge >= 0.3 is 0 Å². The number of hydrogen-bond donors (Lipinski definition) is 0. The van der Waals surface area contributed by atoms with Gasteiger partial charge in [0.2, 0.25) is 0 Å². The van der Waals surface area contributed by atoms with Crippen molar-refractivity contribution in [1.82, 2.24) is 14.5 Å². The summed E-state index contributed by atoms with van der Waals surface area (Å²) in [6.07, 6.45) is 9.30. The van der Waals surface area contributed by atoms with Crippen LogP contribution in [0.4, 0.5) is 0 Å². The molecule has 2 aromatic heterocycles. The van der Waals surface area contributed by atoms with Gasteiger partial charge in [-0.3, -0.25) is 4.98 Å². The fourth-order valence-electron chi connectivity index (χ4n) is 1.63. The lowest BCUT2D eigenvalue weighted by atomic mass is 10.2. The fraction of sp³-hybridized carbons (Fsp3) is 0.538. The second kappa shape index (κ2) is 6.99. The Morgan fingerprint density at radius 1 is 1.25 bits per heavy atom. The first-order chi connectivity index (χ1) is 7.92. The highest BCUT2D eigenvalue weighted by molar-refractivity contribution is 5.73. The van der Waals surface area contributed by atoms with E-state index in [9.17, 15) is 0 Å². The summed E-state index contributed by atoms with van der Waals surface area (Å²) in [5.74, 6) is 0. The predicted molar refractivity (Wildman–Crippen MR) is 68.4 cm³/mol. The van der Waals surface area contributed by atoms with Crippen LogP contribution >= 0.6 is 0 Å². The summed E-state index contributed by atoms with van der Waals surface area (Å²) in [7, 11) is 0. The van der Waals surface area contributed by atoms with E-state index in [4.69, 9.17) is 0 Å². The van der Waals surface area contributed by atoms with Crippen LogP contribution in [0.15, 0.2) is 24.8 Å². The van der Waals surface area contributed by atoms with Crippen LogP contribution in [0.1, 0.15) is 40.0 Å². The molecule has 88 valence electrons. The Morgan fingerprint density at radius 3 is 2.81 bits per heavy atom. The highest BCUT2D eigenvalue weighted by Crippen LogP contribution is 2.11. The summed E-state index contributed by atoms with van der Waals surface area (Å²) in [6.45, 7) is 7.28. The fourth-order valence-corrected chi connectivity index (χ4v) is 1.63. The number of aryl methyl sites for hydroxylation is 1. The number of unbranched alkanes of at least 4 members (excludes halogenated alkanes) is 2. The minimum absolute atomic E-state index is 0.990. The van der Waals surface area contributed by atoms with E-state index in [2.05, 4.69) is 21.5 Å². The van der Waals surface area contributed by atoms with E-state index in [-0.39, 0.29) is 0 Å². The van der Waals surface area contributed by atoms with Gasteiger partial charge in [0.25, 0.3) is 0 Å². The van der Waals surface area contributed by atoms with Crippen molar-refractivity contribution in [1.29, 1.82) is 0 Å². The zero-order chi connectivity index (χ0) is 11.8. The van der Waals surface area contributed by atoms with Crippen LogP contribution in [0.25, 0.3) is 11.0 Å². The molecule has 0 aromatic carbocycles. The maximum absolute atomic E-state index is 4.30. The summed E-state index contributed by atoms with van der Waals surface area (Å²) >= 11 is 0. The van der Waals surface area contributed by atoms with Crippen molar-refractivity contribution >= 4 is 11.0 Å². The quantitative estimate of drug-likeness (QED) is 0.735. The molecule has 0 saturated heterocycles. The number of hydrogen-bond acceptors (Lipinski definition) is 2. The molecule has 0 aliphatic rings. The number of aromatic nitrogens is 3. The van der Waals surface area contributed by atoms with E-state index < -0.39 is 0 Å². The van der Waals surface area contributed by atoms with Gasteiger partial charge in [0.15, 0.2) is 0 Å². The molecule has 0 aliphatic carbocycles. The summed E-state index contributed by atoms with van der Waals surface area (Å²) in [6, 6.07) is 2.02. The maximum Gasteiger partial charge on any atom is 0.107 e. The molecule has 0 spiro atoms. The molecular weight excluding hydrogens is 198 g/mol. The van der Waals surface area contributed by atoms with Gasteiger partial charge in [-0.05, 0) is 12.5 Å². The molecule has 0 unspecified atom stereocenters. The molecule has 2 rings (SSSR count). The molecule has 0 atom stereocenters. The molecule has 2 heterocycles. The molecule has 0 amide bonds. The molecule has 3 heteroatoms. The van der Waals surface area contributed by atoms with Gasteiger partial charge in [0.1, 0.15) is 5.52 Å². The zero-order valence-electron chi connectivity index (χ0n) is 10.5. The number of rotatable bonds is 4. The number of imidazole rings is 1. The molecular formula is C13H21N3. The number of fused-ring (bicyclic) bond motifs is 1. The van der Waals surface area contributed by atoms with Crippen LogP contribution in [0.3, 0.4) is 0 Å². The lowest BCUT2D eigenvalue weighted by Crippen LogP contribution is -1.95. The molecule has 0 saturated carbocycles. The van der Waals surface area contributed by atoms with Crippen LogP contribution < -0.4 is 0 Å². The molecule has 16 heavy (non-hydrogen) atoms. The van der Waals surface area contributed by atoms with Crippen molar-refractivity contribution in [3.63, 3.8) is 0 Å². The Labute approximate surface area is 97.5 Å². The minimum Gasteiger partial charge on any atom is -0.331 e. The molecule has 0 bridgehead atoms. The van der Waals surface area contributed by atoms with Gasteiger partial charge in [-0.25, -0.2) is 4.98 Å². The normalized spacial score (nSPS) is 9.94. The van der Waals surface area contributed by atoms with Crippen LogP contribution in [0.2, 0.25) is 0 Å². The molecule has 0 fully saturated rings. The topological polar surface area (TPSA) is 30.7 Å². The van der Waals surface area contributed by atoms with E-state index in [0.29, 0.717) is 0 Å². The average molecular weight is 219 g/mol. The summed E-state index contributed by atoms with van der Waals surface area (Å²) in [5, 5.41) is 0. The third-order valence-electron chi connectivity index (χ3n) is 2.43. The summed E-state index contributed by atoms with van der Waals surface area (Å²) < 4.78 is 2.20. The van der Waals surface area contributed by atoms with Gasteiger partial charge in [-0.1, -0.05) is 33.6 Å². The van der Waals surface area contributed by atoms with Gasteiger partial charge < -0.3 is 4.57 Å². The highest BCUT2D eigenvalue weighted by atomic mass is 15.0. The van der Waals surface area contributed by atoms with Crippen LogP contribution in [0.5, 0.6) is 0 Å². The largest absolute Gasteiger partial charge is 0.331 e. The first kappa shape index (κ1) is 12.7. The Kier molecular flexibility index (Phi) is 5.54. The van der Waals surface area contributed by atoms with Gasteiger partial charge in [-0.2, -0.15) is 0 Å².